The van der Waals surface area contributed by atoms with E-state index in [9.17, 15) is 0 Å². The van der Waals surface area contributed by atoms with Crippen molar-refractivity contribution in [2.45, 2.75) is 13.3 Å². The van der Waals surface area contributed by atoms with Crippen molar-refractivity contribution in [1.29, 1.82) is 0 Å². The zero-order valence-corrected chi connectivity index (χ0v) is 8.62. The molecule has 0 saturated heterocycles. The number of hydrogen-bond donors (Lipinski definition) is 0. The fraction of sp³-hybridized carbons (Fsp3) is 0.231. The van der Waals surface area contributed by atoms with Crippen LogP contribution in [-0.4, -0.2) is 6.61 Å². The average Bonchev–Trinajstić information content (AvgIpc) is 2.17. The predicted molar refractivity (Wildman–Crippen MR) is 60.6 cm³/mol. The van der Waals surface area contributed by atoms with Gasteiger partial charge in [-0.05, 0) is 31.1 Å². The fourth-order valence-corrected chi connectivity index (χ4v) is 1.08. The van der Waals surface area contributed by atoms with E-state index in [-0.39, 0.29) is 0 Å². The van der Waals surface area contributed by atoms with Crippen molar-refractivity contribution in [3.63, 3.8) is 0 Å². The molecule has 0 atom stereocenters. The Bertz CT molecular complexity index is 309. The molecule has 0 saturated carbocycles. The predicted octanol–water partition coefficient (Wildman–Crippen LogP) is 3.51. The van der Waals surface area contributed by atoms with E-state index >= 15 is 0 Å². The molecule has 1 rings (SSSR count). The Hall–Kier alpha value is -1.50. The molecule has 0 heterocycles. The molecule has 1 nitrogen and oxygen atoms in total. The summed E-state index contributed by atoms with van der Waals surface area (Å²) in [5.74, 6) is 0.890. The summed E-state index contributed by atoms with van der Waals surface area (Å²) in [4.78, 5) is 0. The highest BCUT2D eigenvalue weighted by Crippen LogP contribution is 2.12. The molecule has 0 unspecified atom stereocenters. The highest BCUT2D eigenvalue weighted by atomic mass is 16.5. The molecule has 0 aliphatic heterocycles. The third-order valence-electron chi connectivity index (χ3n) is 1.90. The van der Waals surface area contributed by atoms with Crippen LogP contribution in [0.2, 0.25) is 0 Å². The van der Waals surface area contributed by atoms with Crippen molar-refractivity contribution in [2.75, 3.05) is 6.61 Å². The minimum absolute atomic E-state index is 0.565. The molecule has 0 aliphatic carbocycles. The first-order valence-electron chi connectivity index (χ1n) is 4.69. The van der Waals surface area contributed by atoms with Crippen LogP contribution in [0.4, 0.5) is 0 Å². The van der Waals surface area contributed by atoms with Gasteiger partial charge in [-0.1, -0.05) is 30.4 Å². The van der Waals surface area contributed by atoms with E-state index in [4.69, 9.17) is 4.74 Å². The third kappa shape index (κ3) is 3.48. The van der Waals surface area contributed by atoms with Gasteiger partial charge in [0.05, 0.1) is 0 Å². The summed E-state index contributed by atoms with van der Waals surface area (Å²) in [7, 11) is 0. The molecule has 14 heavy (non-hydrogen) atoms. The van der Waals surface area contributed by atoms with E-state index in [1.165, 1.54) is 5.56 Å². The van der Waals surface area contributed by atoms with Crippen LogP contribution in [0, 0.1) is 6.92 Å². The lowest BCUT2D eigenvalue weighted by Gasteiger charge is -2.07. The van der Waals surface area contributed by atoms with Crippen molar-refractivity contribution < 1.29 is 4.74 Å². The lowest BCUT2D eigenvalue weighted by atomic mass is 10.2. The maximum absolute atomic E-state index is 5.53. The van der Waals surface area contributed by atoms with Gasteiger partial charge in [0, 0.05) is 0 Å². The van der Waals surface area contributed by atoms with Gasteiger partial charge in [0.1, 0.15) is 12.4 Å². The van der Waals surface area contributed by atoms with Gasteiger partial charge in [0.25, 0.3) is 0 Å². The summed E-state index contributed by atoms with van der Waals surface area (Å²) in [5.41, 5.74) is 2.28. The van der Waals surface area contributed by atoms with Crippen LogP contribution in [0.1, 0.15) is 12.0 Å². The van der Waals surface area contributed by atoms with Crippen LogP contribution in [-0.2, 0) is 0 Å². The smallest absolute Gasteiger partial charge is 0.119 e. The van der Waals surface area contributed by atoms with Gasteiger partial charge in [0.2, 0.25) is 0 Å². The van der Waals surface area contributed by atoms with E-state index in [0.717, 1.165) is 17.7 Å². The van der Waals surface area contributed by atoms with Crippen molar-refractivity contribution in [3.8, 4) is 5.75 Å². The molecule has 0 aliphatic rings. The van der Waals surface area contributed by atoms with E-state index in [1.54, 1.807) is 0 Å². The topological polar surface area (TPSA) is 9.23 Å². The molecule has 1 aromatic carbocycles. The molecule has 1 heteroatoms. The molecule has 0 fully saturated rings. The molecule has 0 aromatic heterocycles. The van der Waals surface area contributed by atoms with Gasteiger partial charge in [0.15, 0.2) is 0 Å². The highest BCUT2D eigenvalue weighted by molar-refractivity contribution is 5.26. The summed E-state index contributed by atoms with van der Waals surface area (Å²) < 4.78 is 5.53. The van der Waals surface area contributed by atoms with Crippen LogP contribution in [0.25, 0.3) is 0 Å². The highest BCUT2D eigenvalue weighted by Gasteiger charge is 1.94. The molecule has 0 bridgehead atoms. The molecular weight excluding hydrogens is 172 g/mol. The Morgan fingerprint density at radius 1 is 1.36 bits per heavy atom. The largest absolute Gasteiger partial charge is 0.489 e. The lowest BCUT2D eigenvalue weighted by molar-refractivity contribution is 0.350. The maximum atomic E-state index is 5.53. The zero-order valence-electron chi connectivity index (χ0n) is 8.62. The second-order valence-electron chi connectivity index (χ2n) is 3.34. The Morgan fingerprint density at radius 3 is 2.57 bits per heavy atom. The summed E-state index contributed by atoms with van der Waals surface area (Å²) >= 11 is 0. The minimum atomic E-state index is 0.565. The summed E-state index contributed by atoms with van der Waals surface area (Å²) in [6.07, 6.45) is 2.65. The molecule has 74 valence electrons. The zero-order chi connectivity index (χ0) is 10.4. The fourth-order valence-electron chi connectivity index (χ4n) is 1.08. The lowest BCUT2D eigenvalue weighted by Crippen LogP contribution is -1.99. The molecule has 0 radical (unpaired) electrons. The first-order chi connectivity index (χ1) is 6.72. The standard InChI is InChI=1S/C13H16O/c1-4-5-12(3)10-14-13-8-6-11(2)7-9-13/h4,6-9H,1,3,5,10H2,2H3. The maximum Gasteiger partial charge on any atom is 0.119 e. The van der Waals surface area contributed by atoms with Crippen molar-refractivity contribution >= 4 is 0 Å². The van der Waals surface area contributed by atoms with Crippen molar-refractivity contribution in [1.82, 2.24) is 0 Å². The number of hydrogen-bond acceptors (Lipinski definition) is 1. The van der Waals surface area contributed by atoms with Crippen LogP contribution >= 0.6 is 0 Å². The number of allylic oxidation sites excluding steroid dienone is 1. The second-order valence-corrected chi connectivity index (χ2v) is 3.34. The number of rotatable bonds is 5. The third-order valence-corrected chi connectivity index (χ3v) is 1.90. The summed E-state index contributed by atoms with van der Waals surface area (Å²) in [5, 5.41) is 0. The molecular formula is C13H16O. The average molecular weight is 188 g/mol. The molecule has 0 spiro atoms. The van der Waals surface area contributed by atoms with E-state index in [1.807, 2.05) is 30.3 Å². The molecule has 0 N–H and O–H groups in total. The Morgan fingerprint density at radius 2 is 2.00 bits per heavy atom. The number of ether oxygens (including phenoxy) is 1. The van der Waals surface area contributed by atoms with Crippen molar-refractivity contribution in [2.24, 2.45) is 0 Å². The first kappa shape index (κ1) is 10.6. The number of benzene rings is 1. The van der Waals surface area contributed by atoms with Crippen molar-refractivity contribution in [3.05, 3.63) is 54.6 Å². The second kappa shape index (κ2) is 5.28. The van der Waals surface area contributed by atoms with Gasteiger partial charge in [-0.15, -0.1) is 6.58 Å². The van der Waals surface area contributed by atoms with Crippen LogP contribution in [0.15, 0.2) is 49.1 Å². The van der Waals surface area contributed by atoms with E-state index in [0.29, 0.717) is 6.61 Å². The summed E-state index contributed by atoms with van der Waals surface area (Å²) in [6, 6.07) is 8.00. The van der Waals surface area contributed by atoms with Gasteiger partial charge in [-0.2, -0.15) is 0 Å². The van der Waals surface area contributed by atoms with Gasteiger partial charge in [-0.25, -0.2) is 0 Å². The normalized spacial score (nSPS) is 9.50. The number of aryl methyl sites for hydroxylation is 1. The van der Waals surface area contributed by atoms with Crippen LogP contribution in [0.5, 0.6) is 5.75 Å². The summed E-state index contributed by atoms with van der Waals surface area (Å²) in [6.45, 7) is 10.2. The van der Waals surface area contributed by atoms with Gasteiger partial charge < -0.3 is 4.74 Å². The van der Waals surface area contributed by atoms with Gasteiger partial charge in [-0.3, -0.25) is 0 Å². The first-order valence-corrected chi connectivity index (χ1v) is 4.69. The Labute approximate surface area is 85.7 Å². The van der Waals surface area contributed by atoms with Crippen LogP contribution < -0.4 is 4.74 Å². The van der Waals surface area contributed by atoms with E-state index < -0.39 is 0 Å². The minimum Gasteiger partial charge on any atom is -0.489 e. The Balaban J connectivity index is 2.41. The molecule has 1 aromatic rings. The van der Waals surface area contributed by atoms with Crippen LogP contribution in [0.3, 0.4) is 0 Å². The van der Waals surface area contributed by atoms with E-state index in [2.05, 4.69) is 20.1 Å². The Kier molecular flexibility index (Phi) is 3.99. The molecule has 0 amide bonds. The monoisotopic (exact) mass is 188 g/mol. The SMILES string of the molecule is C=CCC(=C)COc1ccc(C)cc1. The quantitative estimate of drug-likeness (QED) is 0.642. The van der Waals surface area contributed by atoms with Gasteiger partial charge >= 0.3 is 0 Å².